The standard InChI is InChI=1S/C32H36N2O2/c1-3-24-11-7-8-14-27(24)25-17-21-33(22-18-25)19-10-20-34-23-29(32(35)26-12-5-4-6-13-26)28-15-9-16-30(36-2)31(28)34/h4-9,11-16,23,25H,3,10,17-22H2,1-2H3. The molecule has 1 aliphatic heterocycles. The molecule has 0 radical (unpaired) electrons. The van der Waals surface area contributed by atoms with Gasteiger partial charge in [-0.25, -0.2) is 0 Å². The van der Waals surface area contributed by atoms with E-state index in [0.717, 1.165) is 61.2 Å². The summed E-state index contributed by atoms with van der Waals surface area (Å²) in [7, 11) is 1.70. The van der Waals surface area contributed by atoms with Crippen LogP contribution in [0.15, 0.2) is 79.0 Å². The maximum atomic E-state index is 13.3. The number of piperidine rings is 1. The molecular formula is C32H36N2O2. The van der Waals surface area contributed by atoms with Gasteiger partial charge in [-0.3, -0.25) is 4.79 Å². The number of methoxy groups -OCH3 is 1. The number of hydrogen-bond donors (Lipinski definition) is 0. The third-order valence-corrected chi connectivity index (χ3v) is 7.70. The van der Waals surface area contributed by atoms with Gasteiger partial charge in [0, 0.05) is 29.3 Å². The van der Waals surface area contributed by atoms with Crippen LogP contribution in [0, 0.1) is 0 Å². The normalized spacial score (nSPS) is 14.8. The van der Waals surface area contributed by atoms with Crippen LogP contribution < -0.4 is 4.74 Å². The molecule has 1 saturated heterocycles. The van der Waals surface area contributed by atoms with Crippen molar-refractivity contribution in [3.8, 4) is 5.75 Å². The van der Waals surface area contributed by atoms with E-state index in [9.17, 15) is 4.79 Å². The van der Waals surface area contributed by atoms with Crippen molar-refractivity contribution in [2.75, 3.05) is 26.7 Å². The van der Waals surface area contributed by atoms with Crippen molar-refractivity contribution in [3.63, 3.8) is 0 Å². The van der Waals surface area contributed by atoms with Crippen molar-refractivity contribution in [2.45, 2.75) is 45.1 Å². The van der Waals surface area contributed by atoms with Crippen molar-refractivity contribution in [1.82, 2.24) is 9.47 Å². The number of rotatable bonds is 9. The number of ether oxygens (including phenoxy) is 1. The summed E-state index contributed by atoms with van der Waals surface area (Å²) < 4.78 is 7.91. The molecule has 0 spiro atoms. The van der Waals surface area contributed by atoms with Crippen molar-refractivity contribution >= 4 is 16.7 Å². The quantitative estimate of drug-likeness (QED) is 0.250. The van der Waals surface area contributed by atoms with E-state index in [1.54, 1.807) is 12.7 Å². The second-order valence-corrected chi connectivity index (χ2v) is 9.81. The Balaban J connectivity index is 1.27. The highest BCUT2D eigenvalue weighted by atomic mass is 16.5. The molecule has 4 nitrogen and oxygen atoms in total. The first-order valence-electron chi connectivity index (χ1n) is 13.2. The molecular weight excluding hydrogens is 444 g/mol. The minimum Gasteiger partial charge on any atom is -0.495 e. The highest BCUT2D eigenvalue weighted by molar-refractivity contribution is 6.17. The van der Waals surface area contributed by atoms with Gasteiger partial charge in [0.15, 0.2) is 5.78 Å². The van der Waals surface area contributed by atoms with E-state index in [2.05, 4.69) is 40.7 Å². The van der Waals surface area contributed by atoms with Crippen LogP contribution in [-0.4, -0.2) is 42.0 Å². The highest BCUT2D eigenvalue weighted by Crippen LogP contribution is 2.33. The van der Waals surface area contributed by atoms with Crippen LogP contribution in [-0.2, 0) is 13.0 Å². The van der Waals surface area contributed by atoms with E-state index < -0.39 is 0 Å². The monoisotopic (exact) mass is 480 g/mol. The maximum absolute atomic E-state index is 13.3. The minimum atomic E-state index is 0.0574. The molecule has 0 atom stereocenters. The summed E-state index contributed by atoms with van der Waals surface area (Å²) in [5, 5.41) is 0.957. The molecule has 0 aliphatic carbocycles. The zero-order valence-corrected chi connectivity index (χ0v) is 21.5. The molecule has 186 valence electrons. The Morgan fingerprint density at radius 2 is 1.67 bits per heavy atom. The van der Waals surface area contributed by atoms with Gasteiger partial charge in [0.1, 0.15) is 5.75 Å². The van der Waals surface area contributed by atoms with E-state index in [4.69, 9.17) is 4.74 Å². The van der Waals surface area contributed by atoms with Gasteiger partial charge in [-0.15, -0.1) is 0 Å². The number of aromatic nitrogens is 1. The number of carbonyl (C=O) groups is 1. The van der Waals surface area contributed by atoms with Gasteiger partial charge in [0.25, 0.3) is 0 Å². The molecule has 36 heavy (non-hydrogen) atoms. The second-order valence-electron chi connectivity index (χ2n) is 9.81. The highest BCUT2D eigenvalue weighted by Gasteiger charge is 2.22. The van der Waals surface area contributed by atoms with Crippen molar-refractivity contribution in [3.05, 3.63) is 101 Å². The largest absolute Gasteiger partial charge is 0.495 e. The Morgan fingerprint density at radius 1 is 0.917 bits per heavy atom. The number of hydrogen-bond acceptors (Lipinski definition) is 3. The topological polar surface area (TPSA) is 34.5 Å². The summed E-state index contributed by atoms with van der Waals surface area (Å²) in [5.74, 6) is 1.55. The number of benzene rings is 3. The Kier molecular flexibility index (Phi) is 7.52. The van der Waals surface area contributed by atoms with Crippen molar-refractivity contribution < 1.29 is 9.53 Å². The van der Waals surface area contributed by atoms with E-state index in [-0.39, 0.29) is 5.78 Å². The molecule has 0 unspecified atom stereocenters. The fourth-order valence-corrected chi connectivity index (χ4v) is 5.78. The minimum absolute atomic E-state index is 0.0574. The number of fused-ring (bicyclic) bond motifs is 1. The summed E-state index contributed by atoms with van der Waals surface area (Å²) in [6.07, 6.45) is 6.63. The molecule has 1 aliphatic rings. The van der Waals surface area contributed by atoms with Gasteiger partial charge < -0.3 is 14.2 Å². The number of para-hydroxylation sites is 1. The maximum Gasteiger partial charge on any atom is 0.195 e. The van der Waals surface area contributed by atoms with Gasteiger partial charge >= 0.3 is 0 Å². The molecule has 3 aromatic carbocycles. The number of likely N-dealkylation sites (tertiary alicyclic amines) is 1. The molecule has 2 heterocycles. The first kappa shape index (κ1) is 24.3. The Hall–Kier alpha value is -3.37. The Bertz CT molecular complexity index is 1320. The molecule has 0 N–H and O–H groups in total. The lowest BCUT2D eigenvalue weighted by Crippen LogP contribution is -2.34. The smallest absolute Gasteiger partial charge is 0.195 e. The van der Waals surface area contributed by atoms with Crippen LogP contribution in [0.1, 0.15) is 59.2 Å². The van der Waals surface area contributed by atoms with Gasteiger partial charge in [-0.2, -0.15) is 0 Å². The predicted molar refractivity (Wildman–Crippen MR) is 147 cm³/mol. The summed E-state index contributed by atoms with van der Waals surface area (Å²) in [6.45, 7) is 6.48. The number of nitrogens with zero attached hydrogens (tertiary/aromatic N) is 2. The fraction of sp³-hybridized carbons (Fsp3) is 0.344. The average molecular weight is 481 g/mol. The first-order chi connectivity index (χ1) is 17.7. The summed E-state index contributed by atoms with van der Waals surface area (Å²) in [5.41, 5.74) is 5.53. The Morgan fingerprint density at radius 3 is 2.42 bits per heavy atom. The average Bonchev–Trinajstić information content (AvgIpc) is 3.32. The zero-order valence-electron chi connectivity index (χ0n) is 21.5. The van der Waals surface area contributed by atoms with Crippen LogP contribution >= 0.6 is 0 Å². The van der Waals surface area contributed by atoms with Gasteiger partial charge in [0.05, 0.1) is 12.6 Å². The zero-order chi connectivity index (χ0) is 24.9. The lowest BCUT2D eigenvalue weighted by atomic mass is 9.86. The third-order valence-electron chi connectivity index (χ3n) is 7.70. The predicted octanol–water partition coefficient (Wildman–Crippen LogP) is 6.71. The van der Waals surface area contributed by atoms with Crippen LogP contribution in [0.2, 0.25) is 0 Å². The summed E-state index contributed by atoms with van der Waals surface area (Å²) in [6, 6.07) is 24.5. The second kappa shape index (κ2) is 11.1. The molecule has 1 fully saturated rings. The molecule has 4 aromatic rings. The van der Waals surface area contributed by atoms with E-state index in [1.165, 1.54) is 18.4 Å². The van der Waals surface area contributed by atoms with Gasteiger partial charge in [0.2, 0.25) is 0 Å². The van der Waals surface area contributed by atoms with Crippen LogP contribution in [0.4, 0.5) is 0 Å². The number of ketones is 1. The van der Waals surface area contributed by atoms with Crippen molar-refractivity contribution in [2.24, 2.45) is 0 Å². The van der Waals surface area contributed by atoms with E-state index in [1.807, 2.05) is 54.7 Å². The molecule has 5 rings (SSSR count). The lowest BCUT2D eigenvalue weighted by molar-refractivity contribution is 0.104. The summed E-state index contributed by atoms with van der Waals surface area (Å²) in [4.78, 5) is 15.9. The number of carbonyl (C=O) groups excluding carboxylic acids is 1. The molecule has 4 heteroatoms. The van der Waals surface area contributed by atoms with Crippen LogP contribution in [0.3, 0.4) is 0 Å². The van der Waals surface area contributed by atoms with Crippen LogP contribution in [0.5, 0.6) is 5.75 Å². The lowest BCUT2D eigenvalue weighted by Gasteiger charge is -2.33. The van der Waals surface area contributed by atoms with Crippen molar-refractivity contribution in [1.29, 1.82) is 0 Å². The molecule has 0 saturated carbocycles. The van der Waals surface area contributed by atoms with Crippen LogP contribution in [0.25, 0.3) is 10.9 Å². The molecule has 0 amide bonds. The SMILES string of the molecule is CCc1ccccc1C1CCN(CCCn2cc(C(=O)c3ccccc3)c3cccc(OC)c32)CC1. The fourth-order valence-electron chi connectivity index (χ4n) is 5.78. The van der Waals surface area contributed by atoms with E-state index in [0.29, 0.717) is 11.5 Å². The molecule has 1 aromatic heterocycles. The summed E-state index contributed by atoms with van der Waals surface area (Å²) >= 11 is 0. The number of aryl methyl sites for hydroxylation is 2. The third kappa shape index (κ3) is 4.96. The first-order valence-corrected chi connectivity index (χ1v) is 13.2. The Labute approximate surface area is 214 Å². The van der Waals surface area contributed by atoms with Gasteiger partial charge in [-0.1, -0.05) is 73.7 Å². The van der Waals surface area contributed by atoms with E-state index >= 15 is 0 Å². The molecule has 0 bridgehead atoms. The van der Waals surface area contributed by atoms with Gasteiger partial charge in [-0.05, 0) is 68.4 Å².